The van der Waals surface area contributed by atoms with Crippen LogP contribution >= 0.6 is 0 Å². The Labute approximate surface area is 79.0 Å². The van der Waals surface area contributed by atoms with E-state index in [2.05, 4.69) is 4.90 Å². The van der Waals surface area contributed by atoms with Crippen molar-refractivity contribution in [3.8, 4) is 0 Å². The van der Waals surface area contributed by atoms with Gasteiger partial charge in [0.1, 0.15) is 0 Å². The Hall–Kier alpha value is -0.410. The molecular weight excluding hydrogens is 166 g/mol. The van der Waals surface area contributed by atoms with Crippen LogP contribution in [-0.4, -0.2) is 43.5 Å². The summed E-state index contributed by atoms with van der Waals surface area (Å²) in [6.07, 6.45) is 3.47. The molecule has 0 N–H and O–H groups in total. The zero-order valence-corrected chi connectivity index (χ0v) is 8.16. The highest BCUT2D eigenvalue weighted by molar-refractivity contribution is 5.83. The van der Waals surface area contributed by atoms with Crippen molar-refractivity contribution in [1.29, 1.82) is 0 Å². The Balaban J connectivity index is 1.76. The first-order valence-electron chi connectivity index (χ1n) is 5.08. The molecule has 2 fully saturated rings. The van der Waals surface area contributed by atoms with Crippen LogP contribution in [0.2, 0.25) is 0 Å². The van der Waals surface area contributed by atoms with Gasteiger partial charge in [0.15, 0.2) is 5.78 Å². The molecule has 3 heteroatoms. The molecular formula is C10H17NO2. The Bertz CT molecular complexity index is 195. The lowest BCUT2D eigenvalue weighted by atomic mass is 10.0. The second-order valence-corrected chi connectivity index (χ2v) is 4.17. The smallest absolute Gasteiger partial charge is 0.152 e. The molecule has 0 aromatic carbocycles. The van der Waals surface area contributed by atoms with E-state index in [1.807, 2.05) is 7.05 Å². The summed E-state index contributed by atoms with van der Waals surface area (Å²) in [5.74, 6) is 0.549. The van der Waals surface area contributed by atoms with Crippen molar-refractivity contribution in [3.63, 3.8) is 0 Å². The molecule has 0 aromatic rings. The molecule has 0 aromatic heterocycles. The van der Waals surface area contributed by atoms with Crippen LogP contribution in [0.25, 0.3) is 0 Å². The van der Waals surface area contributed by atoms with Crippen LogP contribution < -0.4 is 0 Å². The predicted molar refractivity (Wildman–Crippen MR) is 49.6 cm³/mol. The van der Waals surface area contributed by atoms with Gasteiger partial charge in [0, 0.05) is 18.6 Å². The molecule has 1 saturated carbocycles. The molecule has 0 radical (unpaired) electrons. The first kappa shape index (κ1) is 9.16. The molecule has 1 atom stereocenters. The van der Waals surface area contributed by atoms with Crippen molar-refractivity contribution < 1.29 is 9.53 Å². The summed E-state index contributed by atoms with van der Waals surface area (Å²) in [7, 11) is 2.05. The van der Waals surface area contributed by atoms with Gasteiger partial charge >= 0.3 is 0 Å². The topological polar surface area (TPSA) is 29.5 Å². The number of likely N-dealkylation sites (N-methyl/N-ethyl adjacent to an activating group) is 1. The summed E-state index contributed by atoms with van der Waals surface area (Å²) >= 11 is 0. The largest absolute Gasteiger partial charge is 0.381 e. The van der Waals surface area contributed by atoms with Crippen LogP contribution in [0.3, 0.4) is 0 Å². The maximum absolute atomic E-state index is 11.7. The average Bonchev–Trinajstić information content (AvgIpc) is 2.81. The fraction of sp³-hybridized carbons (Fsp3) is 0.900. The third kappa shape index (κ3) is 2.29. The van der Waals surface area contributed by atoms with E-state index in [0.29, 0.717) is 25.0 Å². The number of carbonyl (C=O) groups is 1. The lowest BCUT2D eigenvalue weighted by molar-refractivity contribution is -0.123. The van der Waals surface area contributed by atoms with E-state index in [1.54, 1.807) is 0 Å². The normalized spacial score (nSPS) is 28.3. The van der Waals surface area contributed by atoms with E-state index >= 15 is 0 Å². The molecule has 1 aliphatic carbocycles. The number of hydrogen-bond acceptors (Lipinski definition) is 3. The number of rotatable bonds is 4. The Kier molecular flexibility index (Phi) is 2.65. The van der Waals surface area contributed by atoms with Crippen molar-refractivity contribution in [2.75, 3.05) is 26.8 Å². The third-order valence-electron chi connectivity index (χ3n) is 2.96. The van der Waals surface area contributed by atoms with Gasteiger partial charge in [0.25, 0.3) is 0 Å². The Morgan fingerprint density at radius 2 is 2.23 bits per heavy atom. The maximum Gasteiger partial charge on any atom is 0.152 e. The van der Waals surface area contributed by atoms with Gasteiger partial charge in [-0.2, -0.15) is 0 Å². The van der Waals surface area contributed by atoms with Crippen molar-refractivity contribution >= 4 is 5.78 Å². The molecule has 0 bridgehead atoms. The standard InChI is InChI=1S/C10H17NO2/c1-11(9-2-3-9)6-10(12)8-4-5-13-7-8/h8-9H,2-7H2,1H3. The number of ketones is 1. The number of carbonyl (C=O) groups excluding carboxylic acids is 1. The van der Waals surface area contributed by atoms with E-state index in [1.165, 1.54) is 12.8 Å². The van der Waals surface area contributed by atoms with Crippen molar-refractivity contribution in [2.45, 2.75) is 25.3 Å². The minimum atomic E-state index is 0.182. The van der Waals surface area contributed by atoms with Crippen molar-refractivity contribution in [2.24, 2.45) is 5.92 Å². The first-order valence-corrected chi connectivity index (χ1v) is 5.08. The molecule has 0 spiro atoms. The van der Waals surface area contributed by atoms with E-state index in [-0.39, 0.29) is 5.92 Å². The molecule has 74 valence electrons. The molecule has 1 saturated heterocycles. The van der Waals surface area contributed by atoms with Gasteiger partial charge in [-0.15, -0.1) is 0 Å². The highest BCUT2D eigenvalue weighted by atomic mass is 16.5. The molecule has 2 rings (SSSR count). The second kappa shape index (κ2) is 3.76. The summed E-state index contributed by atoms with van der Waals surface area (Å²) in [5, 5.41) is 0. The van der Waals surface area contributed by atoms with Crippen molar-refractivity contribution in [3.05, 3.63) is 0 Å². The lowest BCUT2D eigenvalue weighted by Crippen LogP contribution is -2.32. The molecule has 1 heterocycles. The monoisotopic (exact) mass is 183 g/mol. The fourth-order valence-electron chi connectivity index (χ4n) is 1.81. The van der Waals surface area contributed by atoms with Gasteiger partial charge in [0.2, 0.25) is 0 Å². The minimum Gasteiger partial charge on any atom is -0.381 e. The fourth-order valence-corrected chi connectivity index (χ4v) is 1.81. The van der Waals surface area contributed by atoms with Gasteiger partial charge in [-0.1, -0.05) is 0 Å². The van der Waals surface area contributed by atoms with Crippen LogP contribution in [0.1, 0.15) is 19.3 Å². The van der Waals surface area contributed by atoms with Crippen molar-refractivity contribution in [1.82, 2.24) is 4.90 Å². The van der Waals surface area contributed by atoms with Gasteiger partial charge in [0.05, 0.1) is 13.2 Å². The highest BCUT2D eigenvalue weighted by Crippen LogP contribution is 2.25. The molecule has 2 aliphatic rings. The zero-order valence-electron chi connectivity index (χ0n) is 8.16. The Morgan fingerprint density at radius 1 is 1.46 bits per heavy atom. The molecule has 1 unspecified atom stereocenters. The van der Waals surface area contributed by atoms with E-state index in [4.69, 9.17) is 4.74 Å². The van der Waals surface area contributed by atoms with Gasteiger partial charge < -0.3 is 4.74 Å². The Morgan fingerprint density at radius 3 is 2.77 bits per heavy atom. The van der Waals surface area contributed by atoms with Crippen LogP contribution in [0.15, 0.2) is 0 Å². The number of Topliss-reactive ketones (excluding diaryl/α,β-unsaturated/α-hetero) is 1. The minimum absolute atomic E-state index is 0.182. The van der Waals surface area contributed by atoms with Crippen LogP contribution in [0.4, 0.5) is 0 Å². The first-order chi connectivity index (χ1) is 6.27. The van der Waals surface area contributed by atoms with Gasteiger partial charge in [-0.3, -0.25) is 9.69 Å². The van der Waals surface area contributed by atoms with E-state index < -0.39 is 0 Å². The average molecular weight is 183 g/mol. The summed E-state index contributed by atoms with van der Waals surface area (Å²) in [5.41, 5.74) is 0. The summed E-state index contributed by atoms with van der Waals surface area (Å²) in [6, 6.07) is 0.686. The molecule has 13 heavy (non-hydrogen) atoms. The number of ether oxygens (including phenoxy) is 1. The predicted octanol–water partition coefficient (Wildman–Crippen LogP) is 0.686. The third-order valence-corrected chi connectivity index (χ3v) is 2.96. The highest BCUT2D eigenvalue weighted by Gasteiger charge is 2.30. The van der Waals surface area contributed by atoms with Crippen LogP contribution in [0.5, 0.6) is 0 Å². The van der Waals surface area contributed by atoms with Gasteiger partial charge in [-0.25, -0.2) is 0 Å². The van der Waals surface area contributed by atoms with E-state index in [9.17, 15) is 4.79 Å². The second-order valence-electron chi connectivity index (χ2n) is 4.17. The van der Waals surface area contributed by atoms with Crippen LogP contribution in [-0.2, 0) is 9.53 Å². The maximum atomic E-state index is 11.7. The molecule has 3 nitrogen and oxygen atoms in total. The van der Waals surface area contributed by atoms with Gasteiger partial charge in [-0.05, 0) is 26.3 Å². The van der Waals surface area contributed by atoms with Crippen LogP contribution in [0, 0.1) is 5.92 Å². The summed E-state index contributed by atoms with van der Waals surface area (Å²) in [6.45, 7) is 2.04. The SMILES string of the molecule is CN(CC(=O)C1CCOC1)C1CC1. The van der Waals surface area contributed by atoms with E-state index in [0.717, 1.165) is 13.0 Å². The lowest BCUT2D eigenvalue weighted by Gasteiger charge is -2.16. The summed E-state index contributed by atoms with van der Waals surface area (Å²) < 4.78 is 5.20. The quantitative estimate of drug-likeness (QED) is 0.642. The number of nitrogens with zero attached hydrogens (tertiary/aromatic N) is 1. The zero-order chi connectivity index (χ0) is 9.26. The molecule has 1 aliphatic heterocycles. The summed E-state index contributed by atoms with van der Waals surface area (Å²) in [4.78, 5) is 13.8. The molecule has 0 amide bonds. The number of hydrogen-bond donors (Lipinski definition) is 0.